The molecule has 3 amide bonds. The molecule has 3 atom stereocenters. The second kappa shape index (κ2) is 9.52. The molecule has 1 aromatic rings. The average Bonchev–Trinajstić information content (AvgIpc) is 3.22. The van der Waals surface area contributed by atoms with Crippen molar-refractivity contribution in [1.29, 1.82) is 0 Å². The number of esters is 1. The first kappa shape index (κ1) is 23.5. The van der Waals surface area contributed by atoms with Gasteiger partial charge >= 0.3 is 11.9 Å². The van der Waals surface area contributed by atoms with E-state index in [0.717, 1.165) is 11.3 Å². The van der Waals surface area contributed by atoms with Gasteiger partial charge in [-0.2, -0.15) is 0 Å². The largest absolute Gasteiger partial charge is 0.481 e. The third kappa shape index (κ3) is 4.52. The zero-order valence-electron chi connectivity index (χ0n) is 16.9. The number of ether oxygens (including phenoxy) is 1. The van der Waals surface area contributed by atoms with E-state index < -0.39 is 40.6 Å². The van der Waals surface area contributed by atoms with Crippen molar-refractivity contribution >= 4 is 64.1 Å². The maximum absolute atomic E-state index is 12.8. The van der Waals surface area contributed by atoms with Gasteiger partial charge in [-0.25, -0.2) is 4.98 Å². The molecule has 0 aliphatic carbocycles. The number of amides is 3. The molecule has 2 saturated heterocycles. The molecule has 0 radical (unpaired) electrons. The molecule has 0 bridgehead atoms. The molecule has 2 aliphatic rings. The molecule has 15 heteroatoms. The highest BCUT2D eigenvalue weighted by Crippen LogP contribution is 2.42. The number of aromatic nitrogens is 1. The number of carboxylic acids is 1. The van der Waals surface area contributed by atoms with Crippen LogP contribution in [0.1, 0.15) is 12.6 Å². The molecule has 13 nitrogen and oxygen atoms in total. The van der Waals surface area contributed by atoms with Crippen molar-refractivity contribution in [3.05, 3.63) is 11.1 Å². The number of fused-ring (bicyclic) bond motifs is 1. The number of thiazole rings is 1. The normalized spacial score (nSPS) is 24.6. The van der Waals surface area contributed by atoms with Gasteiger partial charge in [-0.3, -0.25) is 24.0 Å². The fourth-order valence-electron chi connectivity index (χ4n) is 3.15. The Morgan fingerprint density at radius 3 is 2.84 bits per heavy atom. The zero-order chi connectivity index (χ0) is 23.5. The van der Waals surface area contributed by atoms with E-state index in [1.165, 1.54) is 36.1 Å². The van der Waals surface area contributed by atoms with E-state index in [1.807, 2.05) is 0 Å². The molecule has 172 valence electrons. The average molecular weight is 486 g/mol. The van der Waals surface area contributed by atoms with E-state index in [9.17, 15) is 29.1 Å². The summed E-state index contributed by atoms with van der Waals surface area (Å²) in [5, 5.41) is 19.5. The van der Waals surface area contributed by atoms with Gasteiger partial charge in [0.1, 0.15) is 36.2 Å². The Bertz CT molecular complexity index is 982. The molecule has 3 rings (SSSR count). The SMILES string of the molecule is CON=C(C(=O)NC1C(=O)N2CC(COC(C)=O)(C(=O)O)CS[C@H]12)c1csc(NC=O)n1. The quantitative estimate of drug-likeness (QED) is 0.131. The van der Waals surface area contributed by atoms with Crippen molar-refractivity contribution in [3.8, 4) is 0 Å². The van der Waals surface area contributed by atoms with Crippen molar-refractivity contribution in [1.82, 2.24) is 15.2 Å². The van der Waals surface area contributed by atoms with Gasteiger partial charge in [-0.05, 0) is 0 Å². The van der Waals surface area contributed by atoms with Crippen LogP contribution in [0, 0.1) is 5.41 Å². The molecule has 2 fully saturated rings. The van der Waals surface area contributed by atoms with E-state index >= 15 is 0 Å². The number of hydrogen-bond donors (Lipinski definition) is 3. The van der Waals surface area contributed by atoms with Gasteiger partial charge in [0.25, 0.3) is 5.91 Å². The predicted octanol–water partition coefficient (Wildman–Crippen LogP) is -0.904. The van der Waals surface area contributed by atoms with E-state index in [4.69, 9.17) is 9.57 Å². The number of oxime groups is 1. The topological polar surface area (TPSA) is 177 Å². The first-order valence-corrected chi connectivity index (χ1v) is 11.0. The Kier molecular flexibility index (Phi) is 6.98. The number of β-lactam (4-membered cyclic amide) rings is 1. The Morgan fingerprint density at radius 2 is 2.22 bits per heavy atom. The fourth-order valence-corrected chi connectivity index (χ4v) is 5.33. The number of aliphatic carboxylic acids is 1. The van der Waals surface area contributed by atoms with E-state index in [-0.39, 0.29) is 35.4 Å². The minimum Gasteiger partial charge on any atom is -0.481 e. The maximum Gasteiger partial charge on any atom is 0.315 e. The highest BCUT2D eigenvalue weighted by atomic mass is 32.2. The summed E-state index contributed by atoms with van der Waals surface area (Å²) in [5.74, 6) is -2.90. The third-order valence-corrected chi connectivity index (χ3v) is 7.12. The van der Waals surface area contributed by atoms with Crippen LogP contribution in [0.2, 0.25) is 0 Å². The Hall–Kier alpha value is -3.20. The molecule has 0 saturated carbocycles. The van der Waals surface area contributed by atoms with Crippen molar-refractivity contribution in [3.63, 3.8) is 0 Å². The summed E-state index contributed by atoms with van der Waals surface area (Å²) >= 11 is 2.24. The molecule has 3 N–H and O–H groups in total. The van der Waals surface area contributed by atoms with Gasteiger partial charge in [0, 0.05) is 24.6 Å². The standard InChI is InChI=1S/C17H19N5O8S2/c1-8(24)30-5-17(15(27)28)4-22-13(26)11(14(22)32-6-17)20-12(25)10(21-29-2)9-3-31-16(19-9)18-7-23/h3,7,11,14H,4-6H2,1-2H3,(H,20,25)(H,27,28)(H,18,19,23)/t11?,14-,17?/m1/s1. The summed E-state index contributed by atoms with van der Waals surface area (Å²) in [6.45, 7) is 0.669. The van der Waals surface area contributed by atoms with E-state index in [2.05, 4.69) is 20.8 Å². The predicted molar refractivity (Wildman–Crippen MR) is 112 cm³/mol. The molecule has 1 aromatic heterocycles. The number of nitrogens with zero attached hydrogens (tertiary/aromatic N) is 3. The van der Waals surface area contributed by atoms with Gasteiger partial charge < -0.3 is 30.2 Å². The highest BCUT2D eigenvalue weighted by Gasteiger charge is 2.58. The number of thioether (sulfide) groups is 1. The number of carbonyl (C=O) groups excluding carboxylic acids is 4. The lowest BCUT2D eigenvalue weighted by Gasteiger charge is -2.53. The van der Waals surface area contributed by atoms with E-state index in [0.29, 0.717) is 6.41 Å². The molecule has 2 unspecified atom stereocenters. The van der Waals surface area contributed by atoms with Gasteiger partial charge in [-0.15, -0.1) is 23.1 Å². The monoisotopic (exact) mass is 485 g/mol. The maximum atomic E-state index is 12.8. The molecule has 0 aromatic carbocycles. The zero-order valence-corrected chi connectivity index (χ0v) is 18.5. The van der Waals surface area contributed by atoms with Crippen LogP contribution in [-0.4, -0.2) is 88.3 Å². The van der Waals surface area contributed by atoms with Crippen molar-refractivity contribution in [2.75, 3.05) is 31.3 Å². The summed E-state index contributed by atoms with van der Waals surface area (Å²) in [4.78, 5) is 69.0. The third-order valence-electron chi connectivity index (χ3n) is 4.76. The Morgan fingerprint density at radius 1 is 1.47 bits per heavy atom. The minimum absolute atomic E-state index is 0.0856. The first-order valence-electron chi connectivity index (χ1n) is 9.09. The summed E-state index contributed by atoms with van der Waals surface area (Å²) < 4.78 is 4.90. The van der Waals surface area contributed by atoms with Crippen LogP contribution in [0.4, 0.5) is 5.13 Å². The lowest BCUT2D eigenvalue weighted by molar-refractivity contribution is -0.164. The number of rotatable bonds is 9. The molecule has 2 aliphatic heterocycles. The second-order valence-electron chi connectivity index (χ2n) is 6.91. The summed E-state index contributed by atoms with van der Waals surface area (Å²) in [5.41, 5.74) is -1.47. The van der Waals surface area contributed by atoms with Gasteiger partial charge in [0.05, 0.1) is 0 Å². The Labute approximate surface area is 189 Å². The molecule has 32 heavy (non-hydrogen) atoms. The van der Waals surface area contributed by atoms with Crippen LogP contribution in [0.15, 0.2) is 10.5 Å². The van der Waals surface area contributed by atoms with E-state index in [1.54, 1.807) is 0 Å². The first-order chi connectivity index (χ1) is 15.2. The lowest BCUT2D eigenvalue weighted by Crippen LogP contribution is -2.74. The number of anilines is 1. The number of carboxylic acid groups (broad SMARTS) is 1. The molecular weight excluding hydrogens is 466 g/mol. The van der Waals surface area contributed by atoms with Crippen molar-refractivity contribution in [2.24, 2.45) is 10.6 Å². The minimum atomic E-state index is -1.43. The van der Waals surface area contributed by atoms with Gasteiger partial charge in [0.2, 0.25) is 12.3 Å². The second-order valence-corrected chi connectivity index (χ2v) is 8.87. The summed E-state index contributed by atoms with van der Waals surface area (Å²) in [6, 6.07) is -0.902. The van der Waals surface area contributed by atoms with Crippen molar-refractivity contribution < 1.29 is 38.7 Å². The van der Waals surface area contributed by atoms with Gasteiger partial charge in [-0.1, -0.05) is 5.16 Å². The Balaban J connectivity index is 1.69. The van der Waals surface area contributed by atoms with Crippen LogP contribution in [0.3, 0.4) is 0 Å². The molecule has 0 spiro atoms. The van der Waals surface area contributed by atoms with Crippen molar-refractivity contribution in [2.45, 2.75) is 18.3 Å². The number of nitrogens with one attached hydrogen (secondary N) is 2. The van der Waals surface area contributed by atoms with Crippen LogP contribution in [-0.2, 0) is 33.5 Å². The summed E-state index contributed by atoms with van der Waals surface area (Å²) in [7, 11) is 1.24. The highest BCUT2D eigenvalue weighted by molar-refractivity contribution is 8.00. The fraction of sp³-hybridized carbons (Fsp3) is 0.471. The number of hydrogen-bond acceptors (Lipinski definition) is 11. The van der Waals surface area contributed by atoms with Crippen LogP contribution in [0.25, 0.3) is 0 Å². The number of carbonyl (C=O) groups is 5. The smallest absolute Gasteiger partial charge is 0.315 e. The van der Waals surface area contributed by atoms with Crippen LogP contribution in [0.5, 0.6) is 0 Å². The van der Waals surface area contributed by atoms with Gasteiger partial charge in [0.15, 0.2) is 10.8 Å². The summed E-state index contributed by atoms with van der Waals surface area (Å²) in [6.07, 6.45) is 0.441. The lowest BCUT2D eigenvalue weighted by atomic mass is 9.88. The van der Waals surface area contributed by atoms with Crippen LogP contribution < -0.4 is 10.6 Å². The van der Waals surface area contributed by atoms with Crippen LogP contribution >= 0.6 is 23.1 Å². The molecular formula is C17H19N5O8S2. The molecule has 3 heterocycles.